The molecule has 0 aliphatic rings. The Morgan fingerprint density at radius 3 is 2.05 bits per heavy atom. The maximum atomic E-state index is 10.9. The van der Waals surface area contributed by atoms with Crippen molar-refractivity contribution in [3.05, 3.63) is 29.8 Å². The number of benzene rings is 1. The van der Waals surface area contributed by atoms with Gasteiger partial charge in [-0.1, -0.05) is 17.7 Å². The molecule has 0 aromatic heterocycles. The molecule has 1 amide bonds. The van der Waals surface area contributed by atoms with Crippen LogP contribution in [0.15, 0.2) is 24.3 Å². The molecule has 0 unspecified atom stereocenters. The molecule has 1 aromatic carbocycles. The minimum absolute atomic E-state index is 0.0622. The van der Waals surface area contributed by atoms with Gasteiger partial charge in [0.2, 0.25) is 5.91 Å². The van der Waals surface area contributed by atoms with Crippen molar-refractivity contribution >= 4 is 5.91 Å². The summed E-state index contributed by atoms with van der Waals surface area (Å²) in [4.78, 5) is 10.9. The summed E-state index contributed by atoms with van der Waals surface area (Å²) < 4.78 is 21.3. The van der Waals surface area contributed by atoms with E-state index in [1.54, 1.807) is 7.05 Å². The molecule has 0 atom stereocenters. The van der Waals surface area contributed by atoms with Crippen LogP contribution in [0.3, 0.4) is 0 Å². The van der Waals surface area contributed by atoms with Crippen LogP contribution in [-0.2, 0) is 19.0 Å². The van der Waals surface area contributed by atoms with Gasteiger partial charge in [0.15, 0.2) is 0 Å². The molecule has 0 bridgehead atoms. The van der Waals surface area contributed by atoms with Gasteiger partial charge in [0.05, 0.1) is 33.0 Å². The first-order valence-electron chi connectivity index (χ1n) is 7.35. The fourth-order valence-corrected chi connectivity index (χ4v) is 1.53. The van der Waals surface area contributed by atoms with Crippen LogP contribution in [0.1, 0.15) is 5.56 Å². The molecule has 124 valence electrons. The predicted octanol–water partition coefficient (Wildman–Crippen LogP) is 1.17. The van der Waals surface area contributed by atoms with Crippen LogP contribution in [0, 0.1) is 6.92 Å². The quantitative estimate of drug-likeness (QED) is 0.587. The highest BCUT2D eigenvalue weighted by Gasteiger charge is 1.97. The van der Waals surface area contributed by atoms with Crippen molar-refractivity contribution in [1.29, 1.82) is 0 Å². The Morgan fingerprint density at radius 1 is 0.909 bits per heavy atom. The molecular weight excluding hydrogens is 286 g/mol. The summed E-state index contributed by atoms with van der Waals surface area (Å²) in [6.45, 7) is 4.97. The largest absolute Gasteiger partial charge is 0.491 e. The zero-order valence-corrected chi connectivity index (χ0v) is 13.3. The molecule has 1 aromatic rings. The van der Waals surface area contributed by atoms with Crippen molar-refractivity contribution in [1.82, 2.24) is 5.32 Å². The Morgan fingerprint density at radius 2 is 1.45 bits per heavy atom. The van der Waals surface area contributed by atoms with Crippen molar-refractivity contribution in [3.8, 4) is 5.75 Å². The van der Waals surface area contributed by atoms with Crippen molar-refractivity contribution < 1.29 is 23.7 Å². The lowest BCUT2D eigenvalue weighted by atomic mass is 10.2. The topological polar surface area (TPSA) is 66.0 Å². The molecule has 6 nitrogen and oxygen atoms in total. The number of likely N-dealkylation sites (N-methyl/N-ethyl adjacent to an activating group) is 1. The molecule has 1 N–H and O–H groups in total. The second-order valence-corrected chi connectivity index (χ2v) is 4.61. The van der Waals surface area contributed by atoms with Crippen LogP contribution >= 0.6 is 0 Å². The number of amides is 1. The number of aryl methyl sites for hydroxylation is 1. The lowest BCUT2D eigenvalue weighted by Crippen LogP contribution is -2.24. The third-order valence-electron chi connectivity index (χ3n) is 2.77. The Hall–Kier alpha value is -1.63. The van der Waals surface area contributed by atoms with E-state index in [4.69, 9.17) is 18.9 Å². The third kappa shape index (κ3) is 9.33. The number of rotatable bonds is 12. The maximum absolute atomic E-state index is 10.9. The molecule has 0 saturated carbocycles. The molecule has 0 aliphatic heterocycles. The molecular formula is C16H25NO5. The minimum atomic E-state index is -0.142. The van der Waals surface area contributed by atoms with Crippen LogP contribution in [0.2, 0.25) is 0 Å². The van der Waals surface area contributed by atoms with Crippen LogP contribution < -0.4 is 10.1 Å². The summed E-state index contributed by atoms with van der Waals surface area (Å²) in [5.41, 5.74) is 1.21. The summed E-state index contributed by atoms with van der Waals surface area (Å²) >= 11 is 0. The molecule has 0 spiro atoms. The van der Waals surface area contributed by atoms with E-state index in [0.29, 0.717) is 39.6 Å². The van der Waals surface area contributed by atoms with E-state index in [2.05, 4.69) is 5.32 Å². The first kappa shape index (κ1) is 18.4. The molecule has 0 fully saturated rings. The molecule has 0 radical (unpaired) electrons. The maximum Gasteiger partial charge on any atom is 0.245 e. The van der Waals surface area contributed by atoms with Gasteiger partial charge in [-0.05, 0) is 19.1 Å². The molecule has 0 saturated heterocycles. The fraction of sp³-hybridized carbons (Fsp3) is 0.562. The highest BCUT2D eigenvalue weighted by atomic mass is 16.6. The van der Waals surface area contributed by atoms with Gasteiger partial charge in [-0.15, -0.1) is 0 Å². The molecule has 0 aliphatic carbocycles. The standard InChI is InChI=1S/C16H25NO5/c1-14-3-5-15(6-4-14)22-12-11-20-8-7-19-9-10-21-13-16(18)17-2/h3-6H,7-13H2,1-2H3,(H,17,18). The third-order valence-corrected chi connectivity index (χ3v) is 2.77. The Balaban J connectivity index is 1.84. The average molecular weight is 311 g/mol. The summed E-state index contributed by atoms with van der Waals surface area (Å²) in [5.74, 6) is 0.704. The lowest BCUT2D eigenvalue weighted by Gasteiger charge is -2.08. The van der Waals surface area contributed by atoms with Gasteiger partial charge in [-0.3, -0.25) is 4.79 Å². The van der Waals surface area contributed by atoms with Crippen LogP contribution in [0.5, 0.6) is 5.75 Å². The number of hydrogen-bond acceptors (Lipinski definition) is 5. The average Bonchev–Trinajstić information content (AvgIpc) is 2.54. The zero-order chi connectivity index (χ0) is 16.0. The van der Waals surface area contributed by atoms with E-state index >= 15 is 0 Å². The Kier molecular flexibility index (Phi) is 10.0. The number of carbonyl (C=O) groups excluding carboxylic acids is 1. The number of hydrogen-bond donors (Lipinski definition) is 1. The van der Waals surface area contributed by atoms with Crippen LogP contribution in [0.4, 0.5) is 0 Å². The van der Waals surface area contributed by atoms with Crippen molar-refractivity contribution in [2.75, 3.05) is 53.3 Å². The second-order valence-electron chi connectivity index (χ2n) is 4.61. The Labute approximate surface area is 131 Å². The smallest absolute Gasteiger partial charge is 0.245 e. The van der Waals surface area contributed by atoms with E-state index in [0.717, 1.165) is 5.75 Å². The molecule has 6 heteroatoms. The van der Waals surface area contributed by atoms with E-state index < -0.39 is 0 Å². The SMILES string of the molecule is CNC(=O)COCCOCCOCCOc1ccc(C)cc1. The van der Waals surface area contributed by atoms with Crippen molar-refractivity contribution in [2.24, 2.45) is 0 Å². The van der Waals surface area contributed by atoms with Gasteiger partial charge in [0.1, 0.15) is 19.0 Å². The summed E-state index contributed by atoms with van der Waals surface area (Å²) in [6, 6.07) is 7.90. The summed E-state index contributed by atoms with van der Waals surface area (Å²) in [6.07, 6.45) is 0. The van der Waals surface area contributed by atoms with Crippen LogP contribution in [0.25, 0.3) is 0 Å². The van der Waals surface area contributed by atoms with E-state index in [1.807, 2.05) is 31.2 Å². The van der Waals surface area contributed by atoms with Gasteiger partial charge in [0, 0.05) is 7.05 Å². The van der Waals surface area contributed by atoms with Gasteiger partial charge in [0.25, 0.3) is 0 Å². The summed E-state index contributed by atoms with van der Waals surface area (Å²) in [7, 11) is 1.57. The predicted molar refractivity (Wildman–Crippen MR) is 83.2 cm³/mol. The van der Waals surface area contributed by atoms with Gasteiger partial charge in [-0.25, -0.2) is 0 Å². The fourth-order valence-electron chi connectivity index (χ4n) is 1.53. The lowest BCUT2D eigenvalue weighted by molar-refractivity contribution is -0.125. The number of ether oxygens (including phenoxy) is 4. The van der Waals surface area contributed by atoms with E-state index in [-0.39, 0.29) is 12.5 Å². The van der Waals surface area contributed by atoms with Gasteiger partial charge in [-0.2, -0.15) is 0 Å². The van der Waals surface area contributed by atoms with Gasteiger partial charge >= 0.3 is 0 Å². The normalized spacial score (nSPS) is 10.5. The molecule has 22 heavy (non-hydrogen) atoms. The van der Waals surface area contributed by atoms with Crippen molar-refractivity contribution in [3.63, 3.8) is 0 Å². The minimum Gasteiger partial charge on any atom is -0.491 e. The zero-order valence-electron chi connectivity index (χ0n) is 13.3. The first-order valence-corrected chi connectivity index (χ1v) is 7.35. The van der Waals surface area contributed by atoms with Crippen LogP contribution in [-0.4, -0.2) is 59.2 Å². The molecule has 0 heterocycles. The summed E-state index contributed by atoms with van der Waals surface area (Å²) in [5, 5.41) is 2.47. The van der Waals surface area contributed by atoms with Crippen molar-refractivity contribution in [2.45, 2.75) is 6.92 Å². The highest BCUT2D eigenvalue weighted by molar-refractivity contribution is 5.76. The monoisotopic (exact) mass is 311 g/mol. The number of carbonyl (C=O) groups is 1. The Bertz CT molecular complexity index is 408. The highest BCUT2D eigenvalue weighted by Crippen LogP contribution is 2.10. The second kappa shape index (κ2) is 12.0. The van der Waals surface area contributed by atoms with Gasteiger partial charge < -0.3 is 24.3 Å². The van der Waals surface area contributed by atoms with E-state index in [9.17, 15) is 4.79 Å². The number of nitrogens with one attached hydrogen (secondary N) is 1. The van der Waals surface area contributed by atoms with E-state index in [1.165, 1.54) is 5.56 Å². The first-order chi connectivity index (χ1) is 10.7. The molecule has 1 rings (SSSR count).